The van der Waals surface area contributed by atoms with Gasteiger partial charge in [-0.15, -0.1) is 0 Å². The summed E-state index contributed by atoms with van der Waals surface area (Å²) in [6.07, 6.45) is 2.07. The summed E-state index contributed by atoms with van der Waals surface area (Å²) in [7, 11) is 0. The van der Waals surface area contributed by atoms with Crippen molar-refractivity contribution in [1.29, 1.82) is 5.26 Å². The number of hydrogen-bond acceptors (Lipinski definition) is 3. The third-order valence-corrected chi connectivity index (χ3v) is 2.83. The summed E-state index contributed by atoms with van der Waals surface area (Å²) in [4.78, 5) is 0. The molecule has 1 aromatic rings. The predicted molar refractivity (Wildman–Crippen MR) is 59.6 cm³/mol. The van der Waals surface area contributed by atoms with Gasteiger partial charge in [0.25, 0.3) is 0 Å². The van der Waals surface area contributed by atoms with Crippen LogP contribution in [0.1, 0.15) is 30.9 Å². The van der Waals surface area contributed by atoms with Gasteiger partial charge in [0.15, 0.2) is 5.79 Å². The Morgan fingerprint density at radius 2 is 1.69 bits per heavy atom. The zero-order valence-corrected chi connectivity index (χ0v) is 9.40. The van der Waals surface area contributed by atoms with Gasteiger partial charge in [0.2, 0.25) is 0 Å². The minimum atomic E-state index is -0.662. The van der Waals surface area contributed by atoms with Gasteiger partial charge in [-0.3, -0.25) is 0 Å². The minimum absolute atomic E-state index is 0.654. The zero-order chi connectivity index (χ0) is 11.4. The molecule has 1 aromatic carbocycles. The van der Waals surface area contributed by atoms with E-state index in [4.69, 9.17) is 14.7 Å². The third-order valence-electron chi connectivity index (χ3n) is 2.83. The van der Waals surface area contributed by atoms with E-state index in [2.05, 4.69) is 6.07 Å². The maximum absolute atomic E-state index is 8.74. The summed E-state index contributed by atoms with van der Waals surface area (Å²) in [5, 5.41) is 8.74. The van der Waals surface area contributed by atoms with Crippen LogP contribution in [-0.4, -0.2) is 13.2 Å². The highest BCUT2D eigenvalue weighted by Gasteiger charge is 2.29. The minimum Gasteiger partial charge on any atom is -0.346 e. The lowest BCUT2D eigenvalue weighted by Crippen LogP contribution is -2.28. The lowest BCUT2D eigenvalue weighted by Gasteiger charge is -2.28. The molecule has 0 bridgehead atoms. The predicted octanol–water partition coefficient (Wildman–Crippen LogP) is 2.56. The molecule has 0 unspecified atom stereocenters. The summed E-state index contributed by atoms with van der Waals surface area (Å²) in [6, 6.07) is 9.47. The second-order valence-electron chi connectivity index (χ2n) is 4.04. The molecule has 0 radical (unpaired) electrons. The molecule has 0 spiro atoms. The molecule has 0 aliphatic carbocycles. The lowest BCUT2D eigenvalue weighted by atomic mass is 10.1. The number of benzene rings is 1. The summed E-state index contributed by atoms with van der Waals surface area (Å²) < 4.78 is 11.5. The van der Waals surface area contributed by atoms with Gasteiger partial charge in [0.1, 0.15) is 0 Å². The Balaban J connectivity index is 2.23. The topological polar surface area (TPSA) is 42.2 Å². The first-order valence-corrected chi connectivity index (χ1v) is 5.53. The molecule has 0 N–H and O–H groups in total. The molecule has 0 aromatic heterocycles. The van der Waals surface area contributed by atoms with Gasteiger partial charge >= 0.3 is 0 Å². The SMILES string of the molecule is CC1(c2ccc(C#N)cc2)OCCCCO1. The van der Waals surface area contributed by atoms with E-state index >= 15 is 0 Å². The molecule has 1 aliphatic heterocycles. The normalized spacial score (nSPS) is 19.8. The number of nitrogens with zero attached hydrogens (tertiary/aromatic N) is 1. The van der Waals surface area contributed by atoms with Crippen molar-refractivity contribution in [2.45, 2.75) is 25.6 Å². The van der Waals surface area contributed by atoms with Crippen molar-refractivity contribution in [3.05, 3.63) is 35.4 Å². The van der Waals surface area contributed by atoms with Crippen LogP contribution >= 0.6 is 0 Å². The average Bonchev–Trinajstić information content (AvgIpc) is 2.55. The largest absolute Gasteiger partial charge is 0.346 e. The first-order chi connectivity index (χ1) is 7.74. The van der Waals surface area contributed by atoms with Crippen LogP contribution in [0.15, 0.2) is 24.3 Å². The van der Waals surface area contributed by atoms with Crippen molar-refractivity contribution in [2.75, 3.05) is 13.2 Å². The number of nitriles is 1. The first-order valence-electron chi connectivity index (χ1n) is 5.53. The molecule has 1 saturated heterocycles. The van der Waals surface area contributed by atoms with Crippen molar-refractivity contribution < 1.29 is 9.47 Å². The van der Waals surface area contributed by atoms with Gasteiger partial charge < -0.3 is 9.47 Å². The molecule has 1 fully saturated rings. The van der Waals surface area contributed by atoms with Crippen molar-refractivity contribution in [1.82, 2.24) is 0 Å². The van der Waals surface area contributed by atoms with E-state index in [-0.39, 0.29) is 0 Å². The highest BCUT2D eigenvalue weighted by molar-refractivity contribution is 5.33. The van der Waals surface area contributed by atoms with Crippen LogP contribution in [0.25, 0.3) is 0 Å². The molecule has 3 heteroatoms. The molecule has 16 heavy (non-hydrogen) atoms. The third kappa shape index (κ3) is 2.24. The molecule has 84 valence electrons. The van der Waals surface area contributed by atoms with Crippen molar-refractivity contribution in [2.24, 2.45) is 0 Å². The molecule has 1 aliphatic rings. The number of hydrogen-bond donors (Lipinski definition) is 0. The van der Waals surface area contributed by atoms with Gasteiger partial charge in [-0.1, -0.05) is 12.1 Å². The Kier molecular flexibility index (Phi) is 3.23. The van der Waals surface area contributed by atoms with E-state index in [1.807, 2.05) is 19.1 Å². The summed E-state index contributed by atoms with van der Waals surface area (Å²) in [5.74, 6) is -0.662. The van der Waals surface area contributed by atoms with E-state index in [1.165, 1.54) is 0 Å². The van der Waals surface area contributed by atoms with E-state index in [0.29, 0.717) is 5.56 Å². The molecule has 0 amide bonds. The highest BCUT2D eigenvalue weighted by Crippen LogP contribution is 2.29. The fraction of sp³-hybridized carbons (Fsp3) is 0.462. The Labute approximate surface area is 95.6 Å². The summed E-state index contributed by atoms with van der Waals surface area (Å²) >= 11 is 0. The van der Waals surface area contributed by atoms with Crippen LogP contribution in [0.2, 0.25) is 0 Å². The second-order valence-corrected chi connectivity index (χ2v) is 4.04. The van der Waals surface area contributed by atoms with Crippen LogP contribution in [0.5, 0.6) is 0 Å². The smallest absolute Gasteiger partial charge is 0.191 e. The van der Waals surface area contributed by atoms with Crippen LogP contribution in [0, 0.1) is 11.3 Å². The maximum Gasteiger partial charge on any atom is 0.191 e. The van der Waals surface area contributed by atoms with Gasteiger partial charge in [-0.25, -0.2) is 0 Å². The van der Waals surface area contributed by atoms with Gasteiger partial charge in [0, 0.05) is 5.56 Å². The lowest BCUT2D eigenvalue weighted by molar-refractivity contribution is -0.221. The fourth-order valence-electron chi connectivity index (χ4n) is 1.79. The zero-order valence-electron chi connectivity index (χ0n) is 9.40. The quantitative estimate of drug-likeness (QED) is 0.726. The first kappa shape index (κ1) is 11.1. The van der Waals surface area contributed by atoms with Crippen molar-refractivity contribution >= 4 is 0 Å². The van der Waals surface area contributed by atoms with Crippen LogP contribution in [0.3, 0.4) is 0 Å². The van der Waals surface area contributed by atoms with Crippen LogP contribution in [0.4, 0.5) is 0 Å². The Hall–Kier alpha value is -1.37. The summed E-state index contributed by atoms with van der Waals surface area (Å²) in [5.41, 5.74) is 1.62. The summed E-state index contributed by atoms with van der Waals surface area (Å²) in [6.45, 7) is 3.37. The van der Waals surface area contributed by atoms with Crippen LogP contribution < -0.4 is 0 Å². The molecule has 1 heterocycles. The van der Waals surface area contributed by atoms with Gasteiger partial charge in [0.05, 0.1) is 24.8 Å². The Morgan fingerprint density at radius 3 is 2.19 bits per heavy atom. The van der Waals surface area contributed by atoms with E-state index in [0.717, 1.165) is 31.6 Å². The number of ether oxygens (including phenoxy) is 2. The van der Waals surface area contributed by atoms with Gasteiger partial charge in [-0.05, 0) is 31.9 Å². The van der Waals surface area contributed by atoms with E-state index in [9.17, 15) is 0 Å². The Morgan fingerprint density at radius 1 is 1.12 bits per heavy atom. The van der Waals surface area contributed by atoms with Crippen molar-refractivity contribution in [3.8, 4) is 6.07 Å². The molecular formula is C13H15NO2. The Bertz CT molecular complexity index is 383. The highest BCUT2D eigenvalue weighted by atomic mass is 16.7. The van der Waals surface area contributed by atoms with Gasteiger partial charge in [-0.2, -0.15) is 5.26 Å². The molecular weight excluding hydrogens is 202 g/mol. The van der Waals surface area contributed by atoms with E-state index < -0.39 is 5.79 Å². The van der Waals surface area contributed by atoms with Crippen LogP contribution in [-0.2, 0) is 15.3 Å². The number of rotatable bonds is 1. The van der Waals surface area contributed by atoms with Crippen molar-refractivity contribution in [3.63, 3.8) is 0 Å². The molecule has 3 nitrogen and oxygen atoms in total. The molecule has 0 saturated carbocycles. The fourth-order valence-corrected chi connectivity index (χ4v) is 1.79. The maximum atomic E-state index is 8.74. The second kappa shape index (κ2) is 4.65. The standard InChI is InChI=1S/C13H15NO2/c1-13(15-8-2-3-9-16-13)12-6-4-11(10-14)5-7-12/h4-7H,2-3,8-9H2,1H3. The monoisotopic (exact) mass is 217 g/mol. The molecule has 2 rings (SSSR count). The van der Waals surface area contributed by atoms with E-state index in [1.54, 1.807) is 12.1 Å². The molecule has 0 atom stereocenters. The average molecular weight is 217 g/mol.